The number of anilines is 1. The Hall–Kier alpha value is -1.61. The summed E-state index contributed by atoms with van der Waals surface area (Å²) in [5.41, 5.74) is 2.64. The maximum absolute atomic E-state index is 13.1. The highest BCUT2D eigenvalue weighted by Gasteiger charge is 2.31. The van der Waals surface area contributed by atoms with Crippen LogP contribution in [-0.2, 0) is 10.0 Å². The highest BCUT2D eigenvalue weighted by Crippen LogP contribution is 2.29. The number of piperazine rings is 1. The number of halogens is 1. The van der Waals surface area contributed by atoms with Crippen LogP contribution in [0, 0.1) is 6.92 Å². The Kier molecular flexibility index (Phi) is 5.88. The van der Waals surface area contributed by atoms with Crippen LogP contribution in [0.4, 0.5) is 5.69 Å². The van der Waals surface area contributed by atoms with Gasteiger partial charge in [0.1, 0.15) is 4.21 Å². The highest BCUT2D eigenvalue weighted by molar-refractivity contribution is 7.91. The van der Waals surface area contributed by atoms with E-state index in [9.17, 15) is 13.2 Å². The van der Waals surface area contributed by atoms with Gasteiger partial charge in [0.15, 0.2) is 0 Å². The van der Waals surface area contributed by atoms with E-state index in [1.165, 1.54) is 10.4 Å². The smallest absolute Gasteiger partial charge is 0.254 e. The second-order valence-electron chi connectivity index (χ2n) is 7.48. The van der Waals surface area contributed by atoms with Crippen LogP contribution in [-0.4, -0.2) is 62.8 Å². The molecular weight excluding hydrogens is 430 g/mol. The lowest BCUT2D eigenvalue weighted by atomic mass is 10.1. The molecule has 0 bridgehead atoms. The molecule has 4 rings (SSSR count). The van der Waals surface area contributed by atoms with Gasteiger partial charge in [0, 0.05) is 55.4 Å². The van der Waals surface area contributed by atoms with Crippen LogP contribution in [0.5, 0.6) is 0 Å². The van der Waals surface area contributed by atoms with Crippen LogP contribution in [0.3, 0.4) is 0 Å². The van der Waals surface area contributed by atoms with Crippen LogP contribution in [0.1, 0.15) is 28.8 Å². The first kappa shape index (κ1) is 20.7. The van der Waals surface area contributed by atoms with Gasteiger partial charge in [-0.15, -0.1) is 11.3 Å². The molecule has 0 N–H and O–H groups in total. The first-order valence-corrected chi connectivity index (χ1v) is 12.4. The van der Waals surface area contributed by atoms with E-state index in [1.54, 1.807) is 10.3 Å². The van der Waals surface area contributed by atoms with Crippen molar-refractivity contribution in [3.63, 3.8) is 0 Å². The molecule has 2 aliphatic rings. The summed E-state index contributed by atoms with van der Waals surface area (Å²) in [6, 6.07) is 7.30. The van der Waals surface area contributed by atoms with E-state index in [-0.39, 0.29) is 10.1 Å². The maximum Gasteiger partial charge on any atom is 0.254 e. The highest BCUT2D eigenvalue weighted by atomic mass is 35.5. The van der Waals surface area contributed by atoms with Gasteiger partial charge in [-0.2, -0.15) is 4.31 Å². The number of amides is 1. The number of hydrogen-bond acceptors (Lipinski definition) is 5. The predicted molar refractivity (Wildman–Crippen MR) is 117 cm³/mol. The second kappa shape index (κ2) is 8.26. The molecule has 9 heteroatoms. The van der Waals surface area contributed by atoms with E-state index in [1.807, 2.05) is 25.1 Å². The first-order valence-electron chi connectivity index (χ1n) is 9.75. The molecule has 0 spiro atoms. The number of benzene rings is 1. The van der Waals surface area contributed by atoms with Gasteiger partial charge in [0.2, 0.25) is 0 Å². The van der Waals surface area contributed by atoms with Crippen molar-refractivity contribution in [3.8, 4) is 0 Å². The lowest BCUT2D eigenvalue weighted by Crippen LogP contribution is -2.48. The zero-order valence-corrected chi connectivity index (χ0v) is 18.7. The molecule has 29 heavy (non-hydrogen) atoms. The van der Waals surface area contributed by atoms with Crippen molar-refractivity contribution in [2.45, 2.75) is 24.0 Å². The van der Waals surface area contributed by atoms with Gasteiger partial charge in [-0.25, -0.2) is 8.42 Å². The molecule has 0 unspecified atom stereocenters. The topological polar surface area (TPSA) is 60.9 Å². The summed E-state index contributed by atoms with van der Waals surface area (Å²) in [7, 11) is -3.59. The molecule has 2 saturated heterocycles. The van der Waals surface area contributed by atoms with Gasteiger partial charge in [0.25, 0.3) is 15.9 Å². The van der Waals surface area contributed by atoms with Crippen molar-refractivity contribution in [3.05, 3.63) is 45.8 Å². The standard InChI is InChI=1S/C20H24ClN3O3S2/c1-15-4-5-17(21)13-18(15)22-8-10-24(11-9-22)29(26,27)19-12-16(14-28-19)20(25)23-6-2-3-7-23/h4-5,12-14H,2-3,6-11H2,1H3. The van der Waals surface area contributed by atoms with E-state index in [0.717, 1.165) is 48.5 Å². The second-order valence-corrected chi connectivity index (χ2v) is 11.0. The fourth-order valence-corrected chi connectivity index (χ4v) is 6.78. The number of carbonyl (C=O) groups is 1. The largest absolute Gasteiger partial charge is 0.369 e. The van der Waals surface area contributed by atoms with Crippen molar-refractivity contribution in [2.75, 3.05) is 44.2 Å². The Morgan fingerprint density at radius 3 is 2.41 bits per heavy atom. The van der Waals surface area contributed by atoms with Gasteiger partial charge in [-0.3, -0.25) is 4.79 Å². The SMILES string of the molecule is Cc1ccc(Cl)cc1N1CCN(S(=O)(=O)c2cc(C(=O)N3CCCC3)cs2)CC1. The number of sulfonamides is 1. The van der Waals surface area contributed by atoms with Crippen molar-refractivity contribution in [1.82, 2.24) is 9.21 Å². The molecule has 2 aromatic rings. The minimum atomic E-state index is -3.59. The number of hydrogen-bond donors (Lipinski definition) is 0. The number of likely N-dealkylation sites (tertiary alicyclic amines) is 1. The summed E-state index contributed by atoms with van der Waals surface area (Å²) in [6.07, 6.45) is 2.02. The molecule has 3 heterocycles. The monoisotopic (exact) mass is 453 g/mol. The molecule has 1 aromatic carbocycles. The van der Waals surface area contributed by atoms with Crippen LogP contribution in [0.15, 0.2) is 33.9 Å². The molecule has 2 aliphatic heterocycles. The zero-order valence-electron chi connectivity index (χ0n) is 16.3. The predicted octanol–water partition coefficient (Wildman–Crippen LogP) is 3.46. The molecule has 0 atom stereocenters. The summed E-state index contributed by atoms with van der Waals surface area (Å²) in [5.74, 6) is -0.0681. The Bertz CT molecular complexity index is 1010. The minimum Gasteiger partial charge on any atom is -0.369 e. The molecule has 0 radical (unpaired) electrons. The third-order valence-corrected chi connectivity index (χ3v) is 9.11. The van der Waals surface area contributed by atoms with Crippen LogP contribution in [0.25, 0.3) is 0 Å². The lowest BCUT2D eigenvalue weighted by molar-refractivity contribution is 0.0793. The molecule has 0 saturated carbocycles. The van der Waals surface area contributed by atoms with Crippen LogP contribution < -0.4 is 4.90 Å². The van der Waals surface area contributed by atoms with E-state index >= 15 is 0 Å². The van der Waals surface area contributed by atoms with E-state index < -0.39 is 10.0 Å². The molecule has 0 aliphatic carbocycles. The van der Waals surface area contributed by atoms with Crippen LogP contribution in [0.2, 0.25) is 5.02 Å². The van der Waals surface area contributed by atoms with Gasteiger partial charge < -0.3 is 9.80 Å². The number of nitrogens with zero attached hydrogens (tertiary/aromatic N) is 3. The van der Waals surface area contributed by atoms with E-state index in [0.29, 0.717) is 36.8 Å². The van der Waals surface area contributed by atoms with Gasteiger partial charge in [0.05, 0.1) is 5.56 Å². The van der Waals surface area contributed by atoms with E-state index in [2.05, 4.69) is 4.90 Å². The summed E-state index contributed by atoms with van der Waals surface area (Å²) in [6.45, 7) is 5.54. The molecule has 6 nitrogen and oxygen atoms in total. The molecule has 156 valence electrons. The molecular formula is C20H24ClN3O3S2. The van der Waals surface area contributed by atoms with Crippen molar-refractivity contribution < 1.29 is 13.2 Å². The van der Waals surface area contributed by atoms with Crippen molar-refractivity contribution >= 4 is 44.6 Å². The van der Waals surface area contributed by atoms with Gasteiger partial charge in [-0.05, 0) is 43.5 Å². The van der Waals surface area contributed by atoms with Crippen molar-refractivity contribution in [1.29, 1.82) is 0 Å². The van der Waals surface area contributed by atoms with Gasteiger partial charge in [-0.1, -0.05) is 17.7 Å². The quantitative estimate of drug-likeness (QED) is 0.711. The Labute approximate surface area is 180 Å². The number of rotatable bonds is 4. The third-order valence-electron chi connectivity index (χ3n) is 5.56. The summed E-state index contributed by atoms with van der Waals surface area (Å²) in [4.78, 5) is 16.5. The molecule has 1 amide bonds. The van der Waals surface area contributed by atoms with Crippen molar-refractivity contribution in [2.24, 2.45) is 0 Å². The summed E-state index contributed by atoms with van der Waals surface area (Å²) < 4.78 is 27.9. The third kappa shape index (κ3) is 4.17. The maximum atomic E-state index is 13.1. The Balaban J connectivity index is 1.45. The number of carbonyl (C=O) groups excluding carboxylic acids is 1. The fourth-order valence-electron chi connectivity index (χ4n) is 3.89. The molecule has 2 fully saturated rings. The zero-order chi connectivity index (χ0) is 20.6. The minimum absolute atomic E-state index is 0.0681. The fraction of sp³-hybridized carbons (Fsp3) is 0.450. The summed E-state index contributed by atoms with van der Waals surface area (Å²) >= 11 is 7.26. The molecule has 1 aromatic heterocycles. The first-order chi connectivity index (χ1) is 13.9. The lowest BCUT2D eigenvalue weighted by Gasteiger charge is -2.36. The number of thiophene rings is 1. The normalized spacial score (nSPS) is 18.4. The van der Waals surface area contributed by atoms with E-state index in [4.69, 9.17) is 11.6 Å². The number of aryl methyl sites for hydroxylation is 1. The average Bonchev–Trinajstić information content (AvgIpc) is 3.42. The Morgan fingerprint density at radius 2 is 1.72 bits per heavy atom. The Morgan fingerprint density at radius 1 is 1.03 bits per heavy atom. The van der Waals surface area contributed by atoms with Crippen LogP contribution >= 0.6 is 22.9 Å². The van der Waals surface area contributed by atoms with Gasteiger partial charge >= 0.3 is 0 Å². The summed E-state index contributed by atoms with van der Waals surface area (Å²) in [5, 5.41) is 2.34. The average molecular weight is 454 g/mol.